The van der Waals surface area contributed by atoms with Crippen LogP contribution in [0, 0.1) is 5.21 Å². The number of hydroxylamine groups is 1. The number of amidine groups is 3. The molecule has 0 aromatic rings. The zero-order chi connectivity index (χ0) is 60.9. The third kappa shape index (κ3) is 17.5. The molecule has 11 aliphatic rings. The summed E-state index contributed by atoms with van der Waals surface area (Å²) in [7, 11) is 7.50. The van der Waals surface area contributed by atoms with Crippen LogP contribution in [0.25, 0.3) is 0 Å². The number of carbonyl (C=O) groups excluding carboxylic acids is 3. The van der Waals surface area contributed by atoms with Crippen LogP contribution in [0.5, 0.6) is 0 Å². The summed E-state index contributed by atoms with van der Waals surface area (Å²) in [4.78, 5) is 83.0. The zero-order valence-corrected chi connectivity index (χ0v) is 52.3. The van der Waals surface area contributed by atoms with E-state index in [1.807, 2.05) is 69.8 Å². The van der Waals surface area contributed by atoms with E-state index < -0.39 is 54.2 Å². The molecule has 37 heteroatoms. The number of unbranched alkanes of at least 4 members (excludes halogenated alkanes) is 1. The Bertz CT molecular complexity index is 2660. The molecule has 486 valence electrons. The van der Waals surface area contributed by atoms with Crippen molar-refractivity contribution in [3.63, 3.8) is 0 Å². The second-order valence-corrected chi connectivity index (χ2v) is 23.5. The van der Waals surface area contributed by atoms with Gasteiger partial charge in [0.05, 0.1) is 25.4 Å². The van der Waals surface area contributed by atoms with Gasteiger partial charge in [-0.2, -0.15) is 6.42 Å². The molecule has 11 aliphatic heterocycles. The number of nitrogens with zero attached hydrogens (tertiary/aromatic N) is 15. The maximum atomic E-state index is 11.4. The van der Waals surface area contributed by atoms with Gasteiger partial charge in [0.1, 0.15) is 110 Å². The van der Waals surface area contributed by atoms with E-state index in [9.17, 15) is 29.8 Å². The van der Waals surface area contributed by atoms with Crippen LogP contribution in [0.1, 0.15) is 66.2 Å². The Hall–Kier alpha value is -4.81. The maximum Gasteiger partial charge on any atom is 1.00 e. The Balaban J connectivity index is 0.000000238. The van der Waals surface area contributed by atoms with Gasteiger partial charge in [-0.25, -0.2) is 34.7 Å². The third-order valence-corrected chi connectivity index (χ3v) is 16.1. The molecule has 89 heavy (non-hydrogen) atoms. The summed E-state index contributed by atoms with van der Waals surface area (Å²) in [6.45, 7) is 11.5. The van der Waals surface area contributed by atoms with E-state index in [1.165, 1.54) is 25.4 Å². The molecule has 0 bridgehead atoms. The van der Waals surface area contributed by atoms with Crippen LogP contribution >= 0.6 is 0 Å². The number of likely N-dealkylation sites (N-methyl/N-ethyl adjacent to an activating group) is 3. The van der Waals surface area contributed by atoms with Gasteiger partial charge in [0.2, 0.25) is 5.91 Å². The Morgan fingerprint density at radius 3 is 1.39 bits per heavy atom. The van der Waals surface area contributed by atoms with Crippen molar-refractivity contribution in [1.82, 2.24) is 34.7 Å². The van der Waals surface area contributed by atoms with Gasteiger partial charge in [0.15, 0.2) is 48.8 Å². The maximum absolute atomic E-state index is 11.4. The second-order valence-electron chi connectivity index (χ2n) is 23.5. The van der Waals surface area contributed by atoms with Gasteiger partial charge < -0.3 is 122 Å². The van der Waals surface area contributed by atoms with E-state index in [0.29, 0.717) is 68.4 Å². The number of aliphatic hydroxyl groups excluding tert-OH is 2. The molecule has 18 atom stereocenters. The number of carbonyl (C=O) groups is 2. The number of rotatable bonds is 21. The summed E-state index contributed by atoms with van der Waals surface area (Å²) in [6.07, 6.45) is 7.62. The number of hydrogen-bond acceptors (Lipinski definition) is 32. The molecule has 0 saturated carbocycles. The first-order valence-electron chi connectivity index (χ1n) is 28.7. The smallest absolute Gasteiger partial charge is 0.870 e. The molecular weight excluding hydrogens is 1160 g/mol. The van der Waals surface area contributed by atoms with E-state index >= 15 is 0 Å². The molecular formula is C52H87Li2N20O15+. The molecule has 0 aliphatic carbocycles. The Morgan fingerprint density at radius 1 is 0.618 bits per heavy atom. The predicted octanol–water partition coefficient (Wildman–Crippen LogP) is -12.3. The van der Waals surface area contributed by atoms with Crippen molar-refractivity contribution in [1.29, 1.82) is 0 Å². The number of quaternary nitrogens is 1. The topological polar surface area (TPSA) is 480 Å². The first-order valence-corrected chi connectivity index (χ1v) is 28.7. The quantitative estimate of drug-likeness (QED) is 0.0184. The fourth-order valence-corrected chi connectivity index (χ4v) is 12.0. The number of ether oxygens (including phenoxy) is 7. The van der Waals surface area contributed by atoms with Gasteiger partial charge in [-0.05, 0) is 81.3 Å². The summed E-state index contributed by atoms with van der Waals surface area (Å²) in [6, 6.07) is -1.04. The van der Waals surface area contributed by atoms with Gasteiger partial charge in [-0.15, -0.1) is 0 Å². The van der Waals surface area contributed by atoms with Crippen LogP contribution in [0.2, 0.25) is 0 Å². The number of aliphatic hydroxyl groups is 2. The fraction of sp³-hybridized carbons (Fsp3) is 0.769. The molecule has 15 N–H and O–H groups in total. The fourth-order valence-electron chi connectivity index (χ4n) is 12.0. The summed E-state index contributed by atoms with van der Waals surface area (Å²) in [5, 5.41) is 33.8. The molecule has 2 amide bonds. The first-order chi connectivity index (χ1) is 40.6. The van der Waals surface area contributed by atoms with Crippen molar-refractivity contribution in [2.45, 2.75) is 188 Å². The van der Waals surface area contributed by atoms with Gasteiger partial charge in [0, 0.05) is 33.1 Å². The number of primary amides is 1. The van der Waals surface area contributed by atoms with E-state index in [-0.39, 0.29) is 134 Å². The number of amides is 2. The molecule has 0 spiro atoms. The minimum absolute atomic E-state index is 0. The Labute approximate surface area is 540 Å². The number of nitrogens with two attached hydrogens (primary N) is 4. The molecule has 11 heterocycles. The van der Waals surface area contributed by atoms with Gasteiger partial charge >= 0.3 is 43.6 Å². The van der Waals surface area contributed by atoms with Crippen molar-refractivity contribution in [3.05, 3.63) is 5.21 Å². The molecule has 15 unspecified atom stereocenters. The normalized spacial score (nSPS) is 34.8. The van der Waals surface area contributed by atoms with Crippen molar-refractivity contribution < 1.29 is 112 Å². The number of hydrogen-bond donors (Lipinski definition) is 7. The van der Waals surface area contributed by atoms with Crippen LogP contribution in [0.3, 0.4) is 0 Å². The predicted molar refractivity (Wildman–Crippen MR) is 317 cm³/mol. The van der Waals surface area contributed by atoms with Crippen LogP contribution in [-0.2, 0) is 53.0 Å². The molecule has 5 saturated heterocycles. The summed E-state index contributed by atoms with van der Waals surface area (Å²) >= 11 is 0. The third-order valence-electron chi connectivity index (χ3n) is 16.1. The molecule has 35 nitrogen and oxygen atoms in total. The average molecular weight is 1250 g/mol. The Kier molecular flexibility index (Phi) is 27.5. The average Bonchev–Trinajstić information content (AvgIpc) is 2.35. The van der Waals surface area contributed by atoms with E-state index in [4.69, 9.17) is 50.4 Å². The summed E-state index contributed by atoms with van der Waals surface area (Å²) < 4.78 is 43.4. The van der Waals surface area contributed by atoms with E-state index in [0.717, 1.165) is 25.9 Å². The number of aliphatic imine (C=N–C) groups is 9. The molecule has 11 rings (SSSR count). The SMILES string of the molecule is CN(CCCC(=O)[NH2+][O-])CC1OC(N2C=NC3C(N)=NC=NC32)C(O)[C@@H]1O.CN(CCC[C-]=O)CC1OC(N2C=NC3C(N)=NC=NC32)C2OC(C)(C)O[C@H]12.CNC(=O)CCCN(C)CC1OC(N2C=NC3C(N)=NC=NC32)C2OC(C)(C)O[C@H]12.[Li+].[Li+].[OH-].[OH3+]. The number of nitrogens with one attached hydrogen (secondary N) is 1. The largest absolute Gasteiger partial charge is 1.00 e. The van der Waals surface area contributed by atoms with E-state index in [2.05, 4.69) is 60.0 Å². The van der Waals surface area contributed by atoms with Gasteiger partial charge in [-0.3, -0.25) is 26.1 Å². The van der Waals surface area contributed by atoms with Crippen LogP contribution in [-0.4, -0.2) is 308 Å². The van der Waals surface area contributed by atoms with Crippen molar-refractivity contribution in [2.24, 2.45) is 62.1 Å². The minimum atomic E-state index is -1.14. The van der Waals surface area contributed by atoms with Crippen molar-refractivity contribution in [3.8, 4) is 0 Å². The monoisotopic (exact) mass is 1250 g/mol. The molecule has 0 aromatic heterocycles. The van der Waals surface area contributed by atoms with Crippen LogP contribution in [0.4, 0.5) is 0 Å². The summed E-state index contributed by atoms with van der Waals surface area (Å²) in [5.41, 5.74) is 18.1. The first kappa shape index (κ1) is 74.9. The van der Waals surface area contributed by atoms with E-state index in [1.54, 1.807) is 24.6 Å². The standard InChI is InChI=1S/C19H31N7O4.C18H27N6O4.C15H25N7O5.2Li.2H2O/c1-19(2)29-14-11(8-25(4)7-5-6-12(27)21-3)28-18(15(14)30-19)26-10-24-13-16(20)22-9-23-17(13)26;1-18(2)27-13-11(8-23(3)6-4-5-7-25)26-17(14(13)28-18)24-10-22-12-15(19)20-9-21-16(12)24;1-21(4-2-3-9(23)20-26)5-8-11(24)12(25)15(27-8)22-7-19-10-13(16)17-6-18-14(10)22;;;;/h9-11,13-15,17-18H,5-8H2,1-4H3,(H,21,27)(H2,20,22,23);9-14,16-17H,4-6,8H2,1-3H3,(H2,19,20,21);6-8,10-12,14-15,24-25H,2-5,20H2,1H3,(H2,16,17,18);;;2*1H2/q;-1;;2*+1;;/t11?,13?,14-,15?,17?,18?;11?,12?,13-,14?,16?,17?;8?,10?,11-,12?,14?,15?;;;;/m111..../s1. The minimum Gasteiger partial charge on any atom is -0.870 e. The molecule has 5 fully saturated rings. The van der Waals surface area contributed by atoms with Gasteiger partial charge in [-0.1, -0.05) is 6.42 Å². The van der Waals surface area contributed by atoms with Gasteiger partial charge in [0.25, 0.3) is 0 Å². The summed E-state index contributed by atoms with van der Waals surface area (Å²) in [5.74, 6) is -0.542. The molecule has 0 radical (unpaired) electrons. The van der Waals surface area contributed by atoms with Crippen LogP contribution in [0.15, 0.2) is 44.9 Å². The second kappa shape index (κ2) is 32.7. The Morgan fingerprint density at radius 2 is 0.989 bits per heavy atom. The van der Waals surface area contributed by atoms with Crippen LogP contribution < -0.4 is 65.7 Å². The molecule has 0 aromatic carbocycles. The zero-order valence-electron chi connectivity index (χ0n) is 52.3. The van der Waals surface area contributed by atoms with Crippen molar-refractivity contribution >= 4 is 73.6 Å². The van der Waals surface area contributed by atoms with Crippen molar-refractivity contribution in [2.75, 3.05) is 67.5 Å². The number of fused-ring (bicyclic) bond motifs is 5.